The van der Waals surface area contributed by atoms with Gasteiger partial charge in [-0.15, -0.1) is 22.7 Å². The molecule has 0 spiro atoms. The molecule has 2 aromatic rings. The number of nitrogens with one attached hydrogen (secondary N) is 1. The first-order valence-electron chi connectivity index (χ1n) is 7.00. The van der Waals surface area contributed by atoms with Crippen LogP contribution in [-0.2, 0) is 0 Å². The SMILES string of the molecule is CC1(C)CCCC1NC(c1cccs1)c1cccs1. The first-order chi connectivity index (χ1) is 9.17. The van der Waals surface area contributed by atoms with Crippen molar-refractivity contribution in [2.45, 2.75) is 45.2 Å². The number of thiophene rings is 2. The second-order valence-corrected chi connectivity index (χ2v) is 8.02. The summed E-state index contributed by atoms with van der Waals surface area (Å²) in [5, 5.41) is 8.29. The Bertz CT molecular complexity index is 465. The summed E-state index contributed by atoms with van der Waals surface area (Å²) in [4.78, 5) is 2.87. The van der Waals surface area contributed by atoms with E-state index in [0.29, 0.717) is 17.5 Å². The molecule has 0 radical (unpaired) electrons. The molecule has 1 N–H and O–H groups in total. The molecule has 1 unspecified atom stereocenters. The van der Waals surface area contributed by atoms with Crippen molar-refractivity contribution >= 4 is 22.7 Å². The van der Waals surface area contributed by atoms with Crippen molar-refractivity contribution in [3.63, 3.8) is 0 Å². The van der Waals surface area contributed by atoms with E-state index in [2.05, 4.69) is 54.2 Å². The molecule has 3 heteroatoms. The molecule has 0 aliphatic heterocycles. The first-order valence-corrected chi connectivity index (χ1v) is 8.75. The fourth-order valence-electron chi connectivity index (χ4n) is 3.05. The van der Waals surface area contributed by atoms with Crippen LogP contribution in [0.4, 0.5) is 0 Å². The summed E-state index contributed by atoms with van der Waals surface area (Å²) in [6.07, 6.45) is 4.00. The number of hydrogen-bond acceptors (Lipinski definition) is 3. The molecule has 0 aromatic carbocycles. The molecule has 0 amide bonds. The lowest BCUT2D eigenvalue weighted by molar-refractivity contribution is 0.273. The maximum absolute atomic E-state index is 3.93. The first kappa shape index (κ1) is 13.3. The van der Waals surface area contributed by atoms with E-state index in [1.165, 1.54) is 29.0 Å². The summed E-state index contributed by atoms with van der Waals surface area (Å²) in [6.45, 7) is 4.80. The lowest BCUT2D eigenvalue weighted by atomic mass is 9.87. The van der Waals surface area contributed by atoms with Gasteiger partial charge in [0.05, 0.1) is 6.04 Å². The van der Waals surface area contributed by atoms with Crippen molar-refractivity contribution in [1.82, 2.24) is 5.32 Å². The van der Waals surface area contributed by atoms with Crippen LogP contribution in [-0.4, -0.2) is 6.04 Å². The Morgan fingerprint density at radius 3 is 2.21 bits per heavy atom. The third kappa shape index (κ3) is 2.78. The van der Waals surface area contributed by atoms with Crippen molar-refractivity contribution in [3.8, 4) is 0 Å². The maximum atomic E-state index is 3.93. The zero-order valence-corrected chi connectivity index (χ0v) is 13.2. The highest BCUT2D eigenvalue weighted by Crippen LogP contribution is 2.40. The minimum Gasteiger partial charge on any atom is -0.302 e. The third-order valence-electron chi connectivity index (χ3n) is 4.28. The molecule has 1 fully saturated rings. The minimum atomic E-state index is 0.377. The van der Waals surface area contributed by atoms with Crippen molar-refractivity contribution in [1.29, 1.82) is 0 Å². The molecule has 0 saturated heterocycles. The lowest BCUT2D eigenvalue weighted by Crippen LogP contribution is -2.39. The Balaban J connectivity index is 1.85. The van der Waals surface area contributed by atoms with Gasteiger partial charge in [0, 0.05) is 15.8 Å². The molecule has 1 aliphatic carbocycles. The molecule has 1 saturated carbocycles. The topological polar surface area (TPSA) is 12.0 Å². The standard InChI is InChI=1S/C16H21NS2/c1-16(2)9-3-8-14(16)17-15(12-6-4-10-18-12)13-7-5-11-19-13/h4-7,10-11,14-15,17H,3,8-9H2,1-2H3. The van der Waals surface area contributed by atoms with Crippen molar-refractivity contribution in [3.05, 3.63) is 44.8 Å². The summed E-state index contributed by atoms with van der Waals surface area (Å²) in [6, 6.07) is 9.82. The van der Waals surface area contributed by atoms with Gasteiger partial charge in [0.15, 0.2) is 0 Å². The molecule has 0 bridgehead atoms. The molecule has 1 aliphatic rings. The second kappa shape index (κ2) is 5.39. The molecule has 2 heterocycles. The molecule has 102 valence electrons. The van der Waals surface area contributed by atoms with E-state index in [1.54, 1.807) is 0 Å². The van der Waals surface area contributed by atoms with Gasteiger partial charge in [-0.05, 0) is 41.1 Å². The van der Waals surface area contributed by atoms with Gasteiger partial charge < -0.3 is 5.32 Å². The molecule has 1 nitrogen and oxygen atoms in total. The normalized spacial score (nSPS) is 22.2. The average Bonchev–Trinajstić information content (AvgIpc) is 3.06. The molecule has 2 aromatic heterocycles. The summed E-state index contributed by atoms with van der Waals surface area (Å²) in [5.74, 6) is 0. The van der Waals surface area contributed by atoms with E-state index in [4.69, 9.17) is 0 Å². The van der Waals surface area contributed by atoms with Crippen LogP contribution in [0.5, 0.6) is 0 Å². The zero-order valence-electron chi connectivity index (χ0n) is 11.6. The van der Waals surface area contributed by atoms with E-state index >= 15 is 0 Å². The number of rotatable bonds is 4. The van der Waals surface area contributed by atoms with Crippen molar-refractivity contribution in [2.75, 3.05) is 0 Å². The second-order valence-electron chi connectivity index (χ2n) is 6.06. The van der Waals surface area contributed by atoms with E-state index in [9.17, 15) is 0 Å². The van der Waals surface area contributed by atoms with Gasteiger partial charge in [0.25, 0.3) is 0 Å². The van der Waals surface area contributed by atoms with Crippen LogP contribution >= 0.6 is 22.7 Å². The molecular formula is C16H21NS2. The monoisotopic (exact) mass is 291 g/mol. The van der Waals surface area contributed by atoms with E-state index in [0.717, 1.165) is 0 Å². The Kier molecular flexibility index (Phi) is 3.79. The summed E-state index contributed by atoms with van der Waals surface area (Å²) in [7, 11) is 0. The maximum Gasteiger partial charge on any atom is 0.0767 e. The van der Waals surface area contributed by atoms with Crippen LogP contribution in [0.25, 0.3) is 0 Å². The quantitative estimate of drug-likeness (QED) is 0.829. The fourth-order valence-corrected chi connectivity index (χ4v) is 4.73. The number of hydrogen-bond donors (Lipinski definition) is 1. The zero-order chi connectivity index (χ0) is 13.3. The van der Waals surface area contributed by atoms with Crippen LogP contribution in [0, 0.1) is 5.41 Å². The Morgan fingerprint density at radius 1 is 1.16 bits per heavy atom. The Labute approximate surface area is 123 Å². The van der Waals surface area contributed by atoms with Crippen molar-refractivity contribution < 1.29 is 0 Å². The van der Waals surface area contributed by atoms with E-state index in [-0.39, 0.29) is 0 Å². The molecule has 3 rings (SSSR count). The minimum absolute atomic E-state index is 0.377. The summed E-state index contributed by atoms with van der Waals surface area (Å²) in [5.41, 5.74) is 0.423. The van der Waals surface area contributed by atoms with Gasteiger partial charge in [-0.25, -0.2) is 0 Å². The molecule has 19 heavy (non-hydrogen) atoms. The van der Waals surface area contributed by atoms with Crippen LogP contribution in [0.3, 0.4) is 0 Å². The van der Waals surface area contributed by atoms with Crippen molar-refractivity contribution in [2.24, 2.45) is 5.41 Å². The highest BCUT2D eigenvalue weighted by molar-refractivity contribution is 7.11. The van der Waals surface area contributed by atoms with Crippen LogP contribution in [0.1, 0.15) is 48.9 Å². The van der Waals surface area contributed by atoms with E-state index in [1.807, 2.05) is 22.7 Å². The van der Waals surface area contributed by atoms with Gasteiger partial charge >= 0.3 is 0 Å². The predicted octanol–water partition coefficient (Wildman–Crippen LogP) is 5.07. The van der Waals surface area contributed by atoms with Gasteiger partial charge in [-0.3, -0.25) is 0 Å². The Morgan fingerprint density at radius 2 is 1.79 bits per heavy atom. The lowest BCUT2D eigenvalue weighted by Gasteiger charge is -2.31. The van der Waals surface area contributed by atoms with Crippen LogP contribution in [0.15, 0.2) is 35.0 Å². The van der Waals surface area contributed by atoms with Gasteiger partial charge in [-0.1, -0.05) is 32.4 Å². The molecular weight excluding hydrogens is 270 g/mol. The van der Waals surface area contributed by atoms with Gasteiger partial charge in [0.1, 0.15) is 0 Å². The average molecular weight is 291 g/mol. The van der Waals surface area contributed by atoms with Crippen LogP contribution in [0.2, 0.25) is 0 Å². The largest absolute Gasteiger partial charge is 0.302 e. The van der Waals surface area contributed by atoms with E-state index < -0.39 is 0 Å². The summed E-state index contributed by atoms with van der Waals surface area (Å²) >= 11 is 3.71. The summed E-state index contributed by atoms with van der Waals surface area (Å²) < 4.78 is 0. The van der Waals surface area contributed by atoms with Gasteiger partial charge in [-0.2, -0.15) is 0 Å². The third-order valence-corrected chi connectivity index (χ3v) is 6.15. The Hall–Kier alpha value is -0.640. The predicted molar refractivity (Wildman–Crippen MR) is 85.0 cm³/mol. The highest BCUT2D eigenvalue weighted by Gasteiger charge is 2.36. The molecule has 1 atom stereocenters. The van der Waals surface area contributed by atoms with Crippen LogP contribution < -0.4 is 5.32 Å². The fraction of sp³-hybridized carbons (Fsp3) is 0.500. The highest BCUT2D eigenvalue weighted by atomic mass is 32.1. The smallest absolute Gasteiger partial charge is 0.0767 e. The van der Waals surface area contributed by atoms with Gasteiger partial charge in [0.2, 0.25) is 0 Å².